The van der Waals surface area contributed by atoms with Gasteiger partial charge in [-0.25, -0.2) is 0 Å². The largest absolute Gasteiger partial charge is 0.311 e. The number of rotatable bonds is 3. The molecule has 18 heavy (non-hydrogen) atoms. The first-order valence-electron chi connectivity index (χ1n) is 7.89. The summed E-state index contributed by atoms with van der Waals surface area (Å²) in [5.41, 5.74) is 2.51. The van der Waals surface area contributed by atoms with Crippen molar-refractivity contribution in [1.82, 2.24) is 5.32 Å². The summed E-state index contributed by atoms with van der Waals surface area (Å²) in [6.45, 7) is 10.5. The molecule has 0 aromatic heterocycles. The molecule has 1 nitrogen and oxygen atoms in total. The number of allylic oxidation sites excluding steroid dienone is 1. The Labute approximate surface area is 113 Å². The van der Waals surface area contributed by atoms with Crippen molar-refractivity contribution in [1.29, 1.82) is 0 Å². The van der Waals surface area contributed by atoms with E-state index in [9.17, 15) is 0 Å². The summed E-state index contributed by atoms with van der Waals surface area (Å²) in [5, 5.41) is 3.79. The van der Waals surface area contributed by atoms with Crippen molar-refractivity contribution < 1.29 is 0 Å². The third-order valence-corrected chi connectivity index (χ3v) is 5.07. The summed E-state index contributed by atoms with van der Waals surface area (Å²) in [4.78, 5) is 0. The maximum absolute atomic E-state index is 3.79. The zero-order valence-electron chi connectivity index (χ0n) is 12.8. The smallest absolute Gasteiger partial charge is 0.00968 e. The number of nitrogens with one attached hydrogen (secondary N) is 1. The molecule has 0 aromatic carbocycles. The molecular weight excluding hydrogens is 218 g/mol. The first-order valence-corrected chi connectivity index (χ1v) is 7.89. The average Bonchev–Trinajstić information content (AvgIpc) is 2.70. The lowest BCUT2D eigenvalue weighted by atomic mass is 9.69. The Bertz CT molecular complexity index is 310. The van der Waals surface area contributed by atoms with Gasteiger partial charge in [-0.1, -0.05) is 25.0 Å². The van der Waals surface area contributed by atoms with E-state index in [1.165, 1.54) is 51.5 Å². The van der Waals surface area contributed by atoms with Crippen LogP contribution in [0.15, 0.2) is 11.6 Å². The third-order valence-electron chi connectivity index (χ3n) is 5.07. The highest BCUT2D eigenvalue weighted by Gasteiger charge is 2.43. The Morgan fingerprint density at radius 3 is 2.56 bits per heavy atom. The minimum Gasteiger partial charge on any atom is -0.311 e. The van der Waals surface area contributed by atoms with Crippen LogP contribution in [0.1, 0.15) is 72.6 Å². The highest BCUT2D eigenvalue weighted by atomic mass is 15.0. The summed E-state index contributed by atoms with van der Waals surface area (Å²) < 4.78 is 0. The molecule has 1 fully saturated rings. The second-order valence-electron chi connectivity index (χ2n) is 7.53. The van der Waals surface area contributed by atoms with Crippen molar-refractivity contribution in [2.24, 2.45) is 11.3 Å². The molecule has 0 saturated heterocycles. The molecule has 0 heterocycles. The van der Waals surface area contributed by atoms with Gasteiger partial charge < -0.3 is 5.32 Å². The Hall–Kier alpha value is -0.300. The van der Waals surface area contributed by atoms with Crippen molar-refractivity contribution >= 4 is 0 Å². The van der Waals surface area contributed by atoms with Crippen LogP contribution in [0.5, 0.6) is 0 Å². The van der Waals surface area contributed by atoms with Gasteiger partial charge >= 0.3 is 0 Å². The third kappa shape index (κ3) is 2.99. The minimum atomic E-state index is 0.241. The summed E-state index contributed by atoms with van der Waals surface area (Å²) in [6, 6.07) is 0. The van der Waals surface area contributed by atoms with Crippen molar-refractivity contribution in [3.63, 3.8) is 0 Å². The Morgan fingerprint density at radius 1 is 1.28 bits per heavy atom. The van der Waals surface area contributed by atoms with Crippen molar-refractivity contribution in [3.05, 3.63) is 11.6 Å². The van der Waals surface area contributed by atoms with Gasteiger partial charge in [-0.05, 0) is 65.2 Å². The quantitative estimate of drug-likeness (QED) is 0.716. The van der Waals surface area contributed by atoms with Gasteiger partial charge in [0.1, 0.15) is 0 Å². The molecule has 2 unspecified atom stereocenters. The van der Waals surface area contributed by atoms with E-state index in [0.29, 0.717) is 5.41 Å². The standard InChI is InChI=1S/C17H31N/c1-14-9-8-12-17(14,13-18-16(2,3)4)15-10-6-5-7-11-15/h10,14,18H,5-9,11-13H2,1-4H3. The van der Waals surface area contributed by atoms with Gasteiger partial charge in [0.2, 0.25) is 0 Å². The predicted molar refractivity (Wildman–Crippen MR) is 79.8 cm³/mol. The summed E-state index contributed by atoms with van der Waals surface area (Å²) >= 11 is 0. The summed E-state index contributed by atoms with van der Waals surface area (Å²) in [6.07, 6.45) is 12.3. The fourth-order valence-electron chi connectivity index (χ4n) is 3.81. The van der Waals surface area contributed by atoms with Gasteiger partial charge in [0.25, 0.3) is 0 Å². The molecule has 1 saturated carbocycles. The first kappa shape index (κ1) is 14.1. The summed E-state index contributed by atoms with van der Waals surface area (Å²) in [7, 11) is 0. The molecule has 2 atom stereocenters. The van der Waals surface area contributed by atoms with Crippen LogP contribution in [0.2, 0.25) is 0 Å². The lowest BCUT2D eigenvalue weighted by Crippen LogP contribution is -2.46. The fourth-order valence-corrected chi connectivity index (χ4v) is 3.81. The second kappa shape index (κ2) is 5.36. The SMILES string of the molecule is CC1CCCC1(CNC(C)(C)C)C1=CCCCC1. The van der Waals surface area contributed by atoms with Crippen LogP contribution in [0.25, 0.3) is 0 Å². The molecular formula is C17H31N. The Balaban J connectivity index is 2.15. The van der Waals surface area contributed by atoms with E-state index in [1.54, 1.807) is 5.57 Å². The zero-order chi connectivity index (χ0) is 13.2. The molecule has 0 bridgehead atoms. The van der Waals surface area contributed by atoms with E-state index in [2.05, 4.69) is 39.1 Å². The lowest BCUT2D eigenvalue weighted by Gasteiger charge is -2.40. The molecule has 0 radical (unpaired) electrons. The van der Waals surface area contributed by atoms with Crippen LogP contribution >= 0.6 is 0 Å². The normalized spacial score (nSPS) is 33.6. The van der Waals surface area contributed by atoms with Gasteiger partial charge in [-0.2, -0.15) is 0 Å². The minimum absolute atomic E-state index is 0.241. The second-order valence-corrected chi connectivity index (χ2v) is 7.53. The highest BCUT2D eigenvalue weighted by molar-refractivity contribution is 5.21. The first-order chi connectivity index (χ1) is 8.44. The van der Waals surface area contributed by atoms with Crippen LogP contribution in [0.3, 0.4) is 0 Å². The van der Waals surface area contributed by atoms with Crippen molar-refractivity contribution in [2.75, 3.05) is 6.54 Å². The Kier molecular flexibility index (Phi) is 4.21. The molecule has 2 aliphatic carbocycles. The van der Waals surface area contributed by atoms with E-state index < -0.39 is 0 Å². The number of hydrogen-bond acceptors (Lipinski definition) is 1. The molecule has 1 heteroatoms. The molecule has 0 aromatic rings. The van der Waals surface area contributed by atoms with E-state index in [0.717, 1.165) is 5.92 Å². The van der Waals surface area contributed by atoms with Gasteiger partial charge in [-0.3, -0.25) is 0 Å². The molecule has 1 N–H and O–H groups in total. The van der Waals surface area contributed by atoms with Crippen LogP contribution < -0.4 is 5.32 Å². The highest BCUT2D eigenvalue weighted by Crippen LogP contribution is 2.50. The monoisotopic (exact) mass is 249 g/mol. The topological polar surface area (TPSA) is 12.0 Å². The Morgan fingerprint density at radius 2 is 2.06 bits per heavy atom. The maximum Gasteiger partial charge on any atom is 0.00968 e. The predicted octanol–water partition coefficient (Wildman–Crippen LogP) is 4.68. The van der Waals surface area contributed by atoms with Gasteiger partial charge in [0.05, 0.1) is 0 Å². The molecule has 0 aliphatic heterocycles. The van der Waals surface area contributed by atoms with Crippen LogP contribution in [-0.4, -0.2) is 12.1 Å². The van der Waals surface area contributed by atoms with Crippen LogP contribution in [0, 0.1) is 11.3 Å². The zero-order valence-corrected chi connectivity index (χ0v) is 12.8. The molecule has 0 amide bonds. The molecule has 0 spiro atoms. The average molecular weight is 249 g/mol. The fraction of sp³-hybridized carbons (Fsp3) is 0.882. The van der Waals surface area contributed by atoms with Gasteiger partial charge in [-0.15, -0.1) is 0 Å². The lowest BCUT2D eigenvalue weighted by molar-refractivity contribution is 0.222. The van der Waals surface area contributed by atoms with Gasteiger partial charge in [0.15, 0.2) is 0 Å². The maximum atomic E-state index is 3.79. The van der Waals surface area contributed by atoms with Crippen LogP contribution in [0.4, 0.5) is 0 Å². The molecule has 2 aliphatic rings. The number of hydrogen-bond donors (Lipinski definition) is 1. The van der Waals surface area contributed by atoms with Crippen molar-refractivity contribution in [3.8, 4) is 0 Å². The molecule has 2 rings (SSSR count). The van der Waals surface area contributed by atoms with E-state index in [1.807, 2.05) is 0 Å². The van der Waals surface area contributed by atoms with Crippen molar-refractivity contribution in [2.45, 2.75) is 78.2 Å². The van der Waals surface area contributed by atoms with E-state index in [4.69, 9.17) is 0 Å². The summed E-state index contributed by atoms with van der Waals surface area (Å²) in [5.74, 6) is 0.858. The van der Waals surface area contributed by atoms with E-state index in [-0.39, 0.29) is 5.54 Å². The molecule has 104 valence electrons. The van der Waals surface area contributed by atoms with Gasteiger partial charge in [0, 0.05) is 17.5 Å². The van der Waals surface area contributed by atoms with Crippen LogP contribution in [-0.2, 0) is 0 Å². The van der Waals surface area contributed by atoms with E-state index >= 15 is 0 Å².